The third-order valence-electron chi connectivity index (χ3n) is 4.51. The summed E-state index contributed by atoms with van der Waals surface area (Å²) in [6, 6.07) is 0. The number of hydrogen-bond donors (Lipinski definition) is 1. The Morgan fingerprint density at radius 2 is 1.29 bits per heavy atom. The van der Waals surface area contributed by atoms with E-state index in [9.17, 15) is 4.79 Å². The van der Waals surface area contributed by atoms with Crippen LogP contribution in [0, 0.1) is 17.8 Å². The predicted molar refractivity (Wildman–Crippen MR) is 113 cm³/mol. The molecule has 0 radical (unpaired) electrons. The minimum Gasteiger partial charge on any atom is 0.316 e. The normalized spacial score (nSPS) is 13.8. The molecule has 24 heavy (non-hydrogen) atoms. The van der Waals surface area contributed by atoms with E-state index in [0.29, 0.717) is 0 Å². The molecule has 4 heteroatoms. The summed E-state index contributed by atoms with van der Waals surface area (Å²) in [5, 5.41) is 8.68. The number of carboxylic acid groups (broad SMARTS) is 1. The average Bonchev–Trinajstić information content (AvgIpc) is 2.37. The van der Waals surface area contributed by atoms with Crippen molar-refractivity contribution in [2.45, 2.75) is 92.4 Å². The molecule has 0 aromatic heterocycles. The van der Waals surface area contributed by atoms with Crippen molar-refractivity contribution >= 4 is 66.8 Å². The molecule has 0 fully saturated rings. The second-order valence-electron chi connectivity index (χ2n) is 7.69. The average molecular weight is 379 g/mol. The fourth-order valence-corrected chi connectivity index (χ4v) is 2.99. The van der Waals surface area contributed by atoms with Crippen molar-refractivity contribution in [3.63, 3.8) is 0 Å². The fraction of sp³-hybridized carbons (Fsp3) is 0.850. The van der Waals surface area contributed by atoms with Gasteiger partial charge in [-0.05, 0) is 37.5 Å². The summed E-state index contributed by atoms with van der Waals surface area (Å²) < 4.78 is 0. The first kappa shape index (κ1) is 30.0. The molecule has 0 aliphatic heterocycles. The molecule has 0 saturated carbocycles. The van der Waals surface area contributed by atoms with Crippen molar-refractivity contribution in [2.75, 3.05) is 0 Å². The zero-order chi connectivity index (χ0) is 17.0. The predicted octanol–water partition coefficient (Wildman–Crippen LogP) is 4.62. The molecular weight excluding hydrogens is 337 g/mol. The van der Waals surface area contributed by atoms with Crippen molar-refractivity contribution < 1.29 is 9.90 Å². The Hall–Kier alpha value is 1.24. The van der Waals surface area contributed by atoms with Crippen LogP contribution >= 0.6 is 0 Å². The molecule has 0 aromatic rings. The van der Waals surface area contributed by atoms with Crippen molar-refractivity contribution in [1.29, 1.82) is 0 Å². The van der Waals surface area contributed by atoms with Gasteiger partial charge in [-0.15, -0.1) is 0 Å². The third-order valence-corrected chi connectivity index (χ3v) is 4.51. The summed E-state index contributed by atoms with van der Waals surface area (Å²) >= 11 is 0. The van der Waals surface area contributed by atoms with Crippen LogP contribution in [0.2, 0.25) is 0 Å². The van der Waals surface area contributed by atoms with Gasteiger partial charge in [0, 0.05) is 6.08 Å². The molecule has 0 rings (SSSR count). The van der Waals surface area contributed by atoms with Crippen LogP contribution in [0.4, 0.5) is 0 Å². The van der Waals surface area contributed by atoms with E-state index in [-0.39, 0.29) is 60.8 Å². The van der Waals surface area contributed by atoms with Crippen LogP contribution < -0.4 is 0 Å². The first-order valence-corrected chi connectivity index (χ1v) is 9.21. The van der Waals surface area contributed by atoms with Crippen LogP contribution in [-0.4, -0.2) is 71.9 Å². The van der Waals surface area contributed by atoms with Gasteiger partial charge >= 0.3 is 66.8 Å². The van der Waals surface area contributed by atoms with E-state index >= 15 is 0 Å². The smallest absolute Gasteiger partial charge is 0.316 e. The summed E-state index contributed by atoms with van der Waals surface area (Å²) in [5.74, 6) is 1.65. The molecule has 0 spiro atoms. The Bertz CT molecular complexity index is 330. The standard InChI is InChI=1S/C20H38O2.Ca.Mg.4H/c1-16(2)9-6-10-17(3)11-7-12-18(4)13-8-14-19(5)15-20(21)22;;;;;;/h15-18H,6-14H2,1-5H3,(H,21,22);;;;;;/b19-15+;;;;;;/t17-,18-;;;;;;/m1....../s1. The summed E-state index contributed by atoms with van der Waals surface area (Å²) in [6.07, 6.45) is 12.7. The first-order chi connectivity index (χ1) is 10.3. The quantitative estimate of drug-likeness (QED) is 0.375. The second-order valence-corrected chi connectivity index (χ2v) is 7.69. The maximum absolute atomic E-state index is 10.5. The van der Waals surface area contributed by atoms with E-state index in [1.165, 1.54) is 51.0 Å². The molecule has 1 N–H and O–H groups in total. The summed E-state index contributed by atoms with van der Waals surface area (Å²) in [5.41, 5.74) is 0.985. The zero-order valence-electron chi connectivity index (χ0n) is 15.5. The third kappa shape index (κ3) is 21.3. The number of rotatable bonds is 13. The number of aliphatic carboxylic acids is 1. The monoisotopic (exact) mass is 378 g/mol. The minimum absolute atomic E-state index is 0. The molecule has 138 valence electrons. The number of carboxylic acids is 1. The van der Waals surface area contributed by atoms with Gasteiger partial charge in [-0.1, -0.05) is 78.2 Å². The van der Waals surface area contributed by atoms with E-state index in [1.54, 1.807) is 0 Å². The second kappa shape index (κ2) is 19.0. The fourth-order valence-electron chi connectivity index (χ4n) is 2.99. The Labute approximate surface area is 196 Å². The Morgan fingerprint density at radius 1 is 0.875 bits per heavy atom. The van der Waals surface area contributed by atoms with E-state index in [2.05, 4.69) is 27.7 Å². The number of hydrogen-bond acceptors (Lipinski definition) is 1. The molecule has 0 bridgehead atoms. The Morgan fingerprint density at radius 3 is 1.71 bits per heavy atom. The molecule has 0 unspecified atom stereocenters. The zero-order valence-corrected chi connectivity index (χ0v) is 15.5. The molecule has 0 heterocycles. The number of allylic oxidation sites excluding steroid dienone is 1. The molecular formula is C20H42CaMgO2. The van der Waals surface area contributed by atoms with Gasteiger partial charge in [0.05, 0.1) is 0 Å². The van der Waals surface area contributed by atoms with Crippen LogP contribution in [-0.2, 0) is 4.79 Å². The van der Waals surface area contributed by atoms with E-state index in [0.717, 1.165) is 36.2 Å². The minimum atomic E-state index is -0.822. The maximum Gasteiger partial charge on any atom is 0.316 e. The topological polar surface area (TPSA) is 37.3 Å². The molecule has 0 aliphatic carbocycles. The van der Waals surface area contributed by atoms with Crippen molar-refractivity contribution in [2.24, 2.45) is 17.8 Å². The van der Waals surface area contributed by atoms with Gasteiger partial charge in [0.25, 0.3) is 0 Å². The molecule has 0 aliphatic rings. The largest absolute Gasteiger partial charge is 0.316 e. The Balaban J connectivity index is -0.00000220. The molecule has 0 saturated heterocycles. The Kier molecular flexibility index (Phi) is 23.7. The van der Waals surface area contributed by atoms with Crippen LogP contribution in [0.3, 0.4) is 0 Å². The van der Waals surface area contributed by atoms with Crippen molar-refractivity contribution in [3.05, 3.63) is 11.6 Å². The van der Waals surface area contributed by atoms with Gasteiger partial charge in [0.2, 0.25) is 0 Å². The van der Waals surface area contributed by atoms with Gasteiger partial charge < -0.3 is 5.11 Å². The van der Waals surface area contributed by atoms with Crippen molar-refractivity contribution in [3.8, 4) is 0 Å². The van der Waals surface area contributed by atoms with Gasteiger partial charge in [0.15, 0.2) is 0 Å². The molecule has 0 amide bonds. The summed E-state index contributed by atoms with van der Waals surface area (Å²) in [6.45, 7) is 11.3. The van der Waals surface area contributed by atoms with Gasteiger partial charge in [-0.25, -0.2) is 4.79 Å². The van der Waals surface area contributed by atoms with E-state index in [1.807, 2.05) is 6.92 Å². The summed E-state index contributed by atoms with van der Waals surface area (Å²) in [7, 11) is 0. The SMILES string of the molecule is C/C(=C\C(=O)O)CCC[C@H](C)CCC[C@H](C)CCCC(C)C.[CaH2].[MgH2]. The van der Waals surface area contributed by atoms with Gasteiger partial charge in [0.1, 0.15) is 0 Å². The first-order valence-electron chi connectivity index (χ1n) is 9.21. The van der Waals surface area contributed by atoms with Crippen LogP contribution in [0.25, 0.3) is 0 Å². The molecule has 2 nitrogen and oxygen atoms in total. The van der Waals surface area contributed by atoms with E-state index in [4.69, 9.17) is 5.11 Å². The molecule has 0 aromatic carbocycles. The van der Waals surface area contributed by atoms with Crippen LogP contribution in [0.1, 0.15) is 92.4 Å². The van der Waals surface area contributed by atoms with Gasteiger partial charge in [-0.3, -0.25) is 0 Å². The van der Waals surface area contributed by atoms with Gasteiger partial charge in [-0.2, -0.15) is 0 Å². The van der Waals surface area contributed by atoms with E-state index < -0.39 is 5.97 Å². The van der Waals surface area contributed by atoms with Crippen LogP contribution in [0.5, 0.6) is 0 Å². The maximum atomic E-state index is 10.5. The summed E-state index contributed by atoms with van der Waals surface area (Å²) in [4.78, 5) is 10.5. The molecule has 2 atom stereocenters. The van der Waals surface area contributed by atoms with Crippen molar-refractivity contribution in [1.82, 2.24) is 0 Å². The van der Waals surface area contributed by atoms with Crippen LogP contribution in [0.15, 0.2) is 11.6 Å². The number of carbonyl (C=O) groups is 1.